The molecule has 0 spiro atoms. The van der Waals surface area contributed by atoms with Gasteiger partial charge in [-0.15, -0.1) is 0 Å². The smallest absolute Gasteiger partial charge is 0.326 e. The van der Waals surface area contributed by atoms with Gasteiger partial charge in [0.05, 0.1) is 6.33 Å². The molecule has 2 rings (SSSR count). The topological polar surface area (TPSA) is 110 Å². The van der Waals surface area contributed by atoms with Gasteiger partial charge in [0, 0.05) is 31.4 Å². The minimum Gasteiger partial charge on any atom is -0.480 e. The highest BCUT2D eigenvalue weighted by molar-refractivity contribution is 5.82. The van der Waals surface area contributed by atoms with Crippen LogP contribution in [-0.2, 0) is 11.2 Å². The Balaban J connectivity index is 1.92. The summed E-state index contributed by atoms with van der Waals surface area (Å²) in [4.78, 5) is 31.8. The van der Waals surface area contributed by atoms with Crippen LogP contribution in [-0.4, -0.2) is 64.2 Å². The summed E-state index contributed by atoms with van der Waals surface area (Å²) in [6, 6.07) is -1.18. The molecule has 2 amide bonds. The lowest BCUT2D eigenvalue weighted by Crippen LogP contribution is -2.52. The highest BCUT2D eigenvalue weighted by Gasteiger charge is 2.26. The predicted octanol–water partition coefficient (Wildman–Crippen LogP) is -0.201. The Morgan fingerprint density at radius 1 is 1.52 bits per heavy atom. The second-order valence-corrected chi connectivity index (χ2v) is 5.21. The zero-order valence-corrected chi connectivity index (χ0v) is 12.0. The number of hydrogen-bond acceptors (Lipinski definition) is 4. The van der Waals surface area contributed by atoms with E-state index < -0.39 is 12.0 Å². The minimum atomic E-state index is -1.06. The third-order valence-electron chi connectivity index (χ3n) is 3.75. The molecule has 1 unspecified atom stereocenters. The number of aromatic nitrogens is 2. The number of nitrogens with one attached hydrogen (secondary N) is 3. The standard InChI is InChI=1S/C13H21N5O3/c1-18(10-2-4-14-5-3-10)13(21)17-11(12(19)20)6-9-7-15-8-16-9/h7-8,10-11,14H,2-6H2,1H3,(H,15,16)(H,17,21)(H,19,20). The Morgan fingerprint density at radius 3 is 2.81 bits per heavy atom. The second kappa shape index (κ2) is 7.07. The van der Waals surface area contributed by atoms with Crippen molar-refractivity contribution in [2.45, 2.75) is 31.3 Å². The first-order chi connectivity index (χ1) is 10.1. The highest BCUT2D eigenvalue weighted by atomic mass is 16.4. The summed E-state index contributed by atoms with van der Waals surface area (Å²) in [6.45, 7) is 1.75. The molecule has 0 bridgehead atoms. The largest absolute Gasteiger partial charge is 0.480 e. The fourth-order valence-electron chi connectivity index (χ4n) is 2.43. The normalized spacial score (nSPS) is 17.2. The van der Waals surface area contributed by atoms with Gasteiger partial charge >= 0.3 is 12.0 Å². The van der Waals surface area contributed by atoms with E-state index in [1.165, 1.54) is 6.33 Å². The van der Waals surface area contributed by atoms with Crippen LogP contribution < -0.4 is 10.6 Å². The van der Waals surface area contributed by atoms with Gasteiger partial charge in [0.1, 0.15) is 6.04 Å². The molecular weight excluding hydrogens is 274 g/mol. The quantitative estimate of drug-likeness (QED) is 0.601. The van der Waals surface area contributed by atoms with E-state index in [-0.39, 0.29) is 18.5 Å². The maximum Gasteiger partial charge on any atom is 0.326 e. The van der Waals surface area contributed by atoms with Crippen LogP contribution in [0.1, 0.15) is 18.5 Å². The lowest BCUT2D eigenvalue weighted by molar-refractivity contribution is -0.139. The van der Waals surface area contributed by atoms with E-state index in [0.717, 1.165) is 25.9 Å². The van der Waals surface area contributed by atoms with E-state index in [4.69, 9.17) is 0 Å². The molecule has 1 aliphatic rings. The first-order valence-corrected chi connectivity index (χ1v) is 7.02. The summed E-state index contributed by atoms with van der Waals surface area (Å²) >= 11 is 0. The molecule has 8 heteroatoms. The van der Waals surface area contributed by atoms with Gasteiger partial charge < -0.3 is 25.6 Å². The zero-order chi connectivity index (χ0) is 15.2. The summed E-state index contributed by atoms with van der Waals surface area (Å²) in [5, 5.41) is 15.0. The summed E-state index contributed by atoms with van der Waals surface area (Å²) in [6.07, 6.45) is 4.97. The Labute approximate surface area is 122 Å². The van der Waals surface area contributed by atoms with Gasteiger partial charge in [-0.05, 0) is 25.9 Å². The average Bonchev–Trinajstić information content (AvgIpc) is 2.99. The summed E-state index contributed by atoms with van der Waals surface area (Å²) in [7, 11) is 1.71. The van der Waals surface area contributed by atoms with E-state index in [2.05, 4.69) is 20.6 Å². The van der Waals surface area contributed by atoms with Gasteiger partial charge in [-0.1, -0.05) is 0 Å². The third kappa shape index (κ3) is 4.19. The van der Waals surface area contributed by atoms with Gasteiger partial charge in [-0.2, -0.15) is 0 Å². The van der Waals surface area contributed by atoms with Crippen molar-refractivity contribution in [3.8, 4) is 0 Å². The highest BCUT2D eigenvalue weighted by Crippen LogP contribution is 2.10. The molecule has 0 saturated carbocycles. The average molecular weight is 295 g/mol. The van der Waals surface area contributed by atoms with Crippen LogP contribution in [0.15, 0.2) is 12.5 Å². The number of H-pyrrole nitrogens is 1. The molecule has 4 N–H and O–H groups in total. The minimum absolute atomic E-state index is 0.146. The lowest BCUT2D eigenvalue weighted by Gasteiger charge is -2.32. The molecular formula is C13H21N5O3. The maximum absolute atomic E-state index is 12.2. The molecule has 0 radical (unpaired) electrons. The number of aromatic amines is 1. The van der Waals surface area contributed by atoms with E-state index in [1.54, 1.807) is 18.1 Å². The van der Waals surface area contributed by atoms with Gasteiger partial charge in [0.15, 0.2) is 0 Å². The molecule has 1 saturated heterocycles. The predicted molar refractivity (Wildman–Crippen MR) is 75.9 cm³/mol. The third-order valence-corrected chi connectivity index (χ3v) is 3.75. The number of nitrogens with zero attached hydrogens (tertiary/aromatic N) is 2. The van der Waals surface area contributed by atoms with Crippen molar-refractivity contribution >= 4 is 12.0 Å². The van der Waals surface area contributed by atoms with Gasteiger partial charge in [-0.25, -0.2) is 14.6 Å². The van der Waals surface area contributed by atoms with Crippen molar-refractivity contribution < 1.29 is 14.7 Å². The van der Waals surface area contributed by atoms with Crippen molar-refractivity contribution in [3.63, 3.8) is 0 Å². The number of urea groups is 1. The number of carbonyl (C=O) groups excluding carboxylic acids is 1. The summed E-state index contributed by atoms with van der Waals surface area (Å²) in [5.74, 6) is -1.06. The molecule has 116 valence electrons. The number of aliphatic carboxylic acids is 1. The number of rotatable bonds is 5. The molecule has 8 nitrogen and oxygen atoms in total. The molecule has 0 aliphatic carbocycles. The van der Waals surface area contributed by atoms with Gasteiger partial charge in [0.2, 0.25) is 0 Å². The number of imidazole rings is 1. The number of piperidine rings is 1. The molecule has 1 fully saturated rings. The van der Waals surface area contributed by atoms with E-state index in [9.17, 15) is 14.7 Å². The van der Waals surface area contributed by atoms with Crippen LogP contribution >= 0.6 is 0 Å². The Hall–Kier alpha value is -2.09. The fraction of sp³-hybridized carbons (Fsp3) is 0.615. The number of carbonyl (C=O) groups is 2. The van der Waals surface area contributed by atoms with Gasteiger partial charge in [-0.3, -0.25) is 0 Å². The van der Waals surface area contributed by atoms with Gasteiger partial charge in [0.25, 0.3) is 0 Å². The second-order valence-electron chi connectivity index (χ2n) is 5.21. The van der Waals surface area contributed by atoms with Crippen molar-refractivity contribution in [2.24, 2.45) is 0 Å². The molecule has 1 atom stereocenters. The van der Waals surface area contributed by atoms with E-state index in [1.807, 2.05) is 0 Å². The van der Waals surface area contributed by atoms with Crippen LogP contribution in [0.3, 0.4) is 0 Å². The first kappa shape index (κ1) is 15.3. The monoisotopic (exact) mass is 295 g/mol. The number of carboxylic acid groups (broad SMARTS) is 1. The number of amides is 2. The molecule has 1 aliphatic heterocycles. The maximum atomic E-state index is 12.2. The van der Waals surface area contributed by atoms with Crippen LogP contribution in [0.5, 0.6) is 0 Å². The Morgan fingerprint density at radius 2 is 2.24 bits per heavy atom. The number of hydrogen-bond donors (Lipinski definition) is 4. The number of carboxylic acids is 1. The fourth-order valence-corrected chi connectivity index (χ4v) is 2.43. The SMILES string of the molecule is CN(C(=O)NC(Cc1cnc[nH]1)C(=O)O)C1CCNCC1. The first-order valence-electron chi connectivity index (χ1n) is 7.02. The van der Waals surface area contributed by atoms with E-state index in [0.29, 0.717) is 5.69 Å². The molecule has 1 aromatic rings. The van der Waals surface area contributed by atoms with Crippen LogP contribution in [0.4, 0.5) is 4.79 Å². The van der Waals surface area contributed by atoms with Crippen LogP contribution in [0, 0.1) is 0 Å². The summed E-state index contributed by atoms with van der Waals surface area (Å²) in [5.41, 5.74) is 0.673. The molecule has 21 heavy (non-hydrogen) atoms. The van der Waals surface area contributed by atoms with Crippen LogP contribution in [0.25, 0.3) is 0 Å². The summed E-state index contributed by atoms with van der Waals surface area (Å²) < 4.78 is 0. The molecule has 1 aromatic heterocycles. The lowest BCUT2D eigenvalue weighted by atomic mass is 10.1. The van der Waals surface area contributed by atoms with Crippen molar-refractivity contribution in [3.05, 3.63) is 18.2 Å². The van der Waals surface area contributed by atoms with Crippen molar-refractivity contribution in [1.29, 1.82) is 0 Å². The van der Waals surface area contributed by atoms with Crippen molar-refractivity contribution in [2.75, 3.05) is 20.1 Å². The zero-order valence-electron chi connectivity index (χ0n) is 12.0. The van der Waals surface area contributed by atoms with Crippen LogP contribution in [0.2, 0.25) is 0 Å². The molecule has 0 aromatic carbocycles. The Bertz CT molecular complexity index is 470. The van der Waals surface area contributed by atoms with Crippen molar-refractivity contribution in [1.82, 2.24) is 25.5 Å². The molecule has 2 heterocycles. The Kier molecular flexibility index (Phi) is 5.15. The van der Waals surface area contributed by atoms with E-state index >= 15 is 0 Å².